The van der Waals surface area contributed by atoms with E-state index in [1.807, 2.05) is 41.5 Å². The van der Waals surface area contributed by atoms with Crippen molar-refractivity contribution in [1.82, 2.24) is 51.5 Å². The number of carbonyl (C=O) groups excluding carboxylic acids is 11. The van der Waals surface area contributed by atoms with Gasteiger partial charge in [-0.3, -0.25) is 57.6 Å². The molecule has 29 heteroatoms. The summed E-state index contributed by atoms with van der Waals surface area (Å²) in [7, 11) is 6.38. The third kappa shape index (κ3) is 24.5. The number of esters is 1. The van der Waals surface area contributed by atoms with Gasteiger partial charge in [0.25, 0.3) is 11.8 Å². The molecule has 0 unspecified atom stereocenters. The molecule has 0 saturated carbocycles. The zero-order valence-corrected chi connectivity index (χ0v) is 59.1. The number of rotatable bonds is 43. The van der Waals surface area contributed by atoms with Crippen LogP contribution in [0.15, 0.2) is 42.5 Å². The number of aliphatic carboxylic acids is 1. The zero-order chi connectivity index (χ0) is 72.2. The van der Waals surface area contributed by atoms with E-state index in [1.54, 1.807) is 81.9 Å². The second kappa shape index (κ2) is 41.1. The Morgan fingerprint density at radius 1 is 0.670 bits per heavy atom. The lowest BCUT2D eigenvalue weighted by Crippen LogP contribution is -2.59. The molecular formula is C68H108N10O19. The molecule has 29 nitrogen and oxygen atoms in total. The van der Waals surface area contributed by atoms with Crippen molar-refractivity contribution in [1.29, 1.82) is 0 Å². The van der Waals surface area contributed by atoms with E-state index in [0.29, 0.717) is 37.8 Å². The van der Waals surface area contributed by atoms with Gasteiger partial charge in [0.1, 0.15) is 36.8 Å². The highest BCUT2D eigenvalue weighted by Crippen LogP contribution is 2.31. The number of likely N-dealkylation sites (N-methyl/N-ethyl adjacent to an activating group) is 2. The summed E-state index contributed by atoms with van der Waals surface area (Å²) in [6, 6.07) is 1.48. The summed E-state index contributed by atoms with van der Waals surface area (Å²) in [4.78, 5) is 165. The molecule has 97 heavy (non-hydrogen) atoms. The molecule has 4 rings (SSSR count). The third-order valence-electron chi connectivity index (χ3n) is 18.0. The molecule has 0 bridgehead atoms. The Balaban J connectivity index is 1.35. The number of imide groups is 1. The van der Waals surface area contributed by atoms with Crippen molar-refractivity contribution in [3.8, 4) is 0 Å². The van der Waals surface area contributed by atoms with Crippen LogP contribution in [0, 0.1) is 29.6 Å². The number of nitrogens with one attached hydrogen (secondary N) is 6. The van der Waals surface area contributed by atoms with Gasteiger partial charge >= 0.3 is 11.9 Å². The SMILES string of the molecule is CC[C@H](C)[C@@H]([C@@H](CC(=O)N1CCC[C@H]1[C@H](OC)[C@@H](C)C(=O)N[C@H](C)[C@@H](OC(=O)[C@@H](NC(=O)[C@@H]1CCCN1C(=O)[C@H](CC(=O)O)NC(=O)CCOCCOCCOCCNC(=O)CN1C(=O)C=CC1=O)C(C)C)c1ccccc1)OC)N(C)C(=O)[C@@H](NC(=O)[C@@H](NC)C(C)C)C(C)C. The van der Waals surface area contributed by atoms with Crippen molar-refractivity contribution in [3.63, 3.8) is 0 Å². The van der Waals surface area contributed by atoms with Gasteiger partial charge in [-0.05, 0) is 68.9 Å². The number of ether oxygens (including phenoxy) is 6. The number of amides is 10. The van der Waals surface area contributed by atoms with Gasteiger partial charge in [0.2, 0.25) is 47.3 Å². The Labute approximate surface area is 570 Å². The molecule has 7 N–H and O–H groups in total. The largest absolute Gasteiger partial charge is 0.481 e. The van der Waals surface area contributed by atoms with E-state index in [1.165, 1.54) is 19.1 Å². The molecule has 544 valence electrons. The predicted octanol–water partition coefficient (Wildman–Crippen LogP) is 1.65. The highest BCUT2D eigenvalue weighted by atomic mass is 16.6. The highest BCUT2D eigenvalue weighted by Gasteiger charge is 2.45. The summed E-state index contributed by atoms with van der Waals surface area (Å²) in [5, 5.41) is 26.6. The van der Waals surface area contributed by atoms with Crippen molar-refractivity contribution in [2.24, 2.45) is 29.6 Å². The molecule has 1 aromatic rings. The van der Waals surface area contributed by atoms with Crippen LogP contribution in [0.25, 0.3) is 0 Å². The first kappa shape index (κ1) is 82.0. The van der Waals surface area contributed by atoms with E-state index in [-0.39, 0.29) is 107 Å². The van der Waals surface area contributed by atoms with Crippen LogP contribution in [0.2, 0.25) is 0 Å². The second-order valence-corrected chi connectivity index (χ2v) is 26.1. The first-order chi connectivity index (χ1) is 46.0. The van der Waals surface area contributed by atoms with Crippen LogP contribution in [0.5, 0.6) is 0 Å². The monoisotopic (exact) mass is 1370 g/mol. The van der Waals surface area contributed by atoms with Crippen molar-refractivity contribution in [2.75, 3.05) is 94.1 Å². The van der Waals surface area contributed by atoms with Gasteiger partial charge < -0.3 is 80.1 Å². The molecule has 2 saturated heterocycles. The van der Waals surface area contributed by atoms with Crippen LogP contribution < -0.4 is 31.9 Å². The Morgan fingerprint density at radius 2 is 1.26 bits per heavy atom. The van der Waals surface area contributed by atoms with Crippen molar-refractivity contribution >= 4 is 71.0 Å². The average molecular weight is 1370 g/mol. The minimum absolute atomic E-state index is 0.0299. The molecule has 0 spiro atoms. The van der Waals surface area contributed by atoms with Gasteiger partial charge in [0.15, 0.2) is 0 Å². The first-order valence-electron chi connectivity index (χ1n) is 33.8. The number of carboxylic acid groups (broad SMARTS) is 1. The number of likely N-dealkylation sites (tertiary alicyclic amines) is 2. The number of hydrogen-bond donors (Lipinski definition) is 7. The van der Waals surface area contributed by atoms with E-state index in [0.717, 1.165) is 17.1 Å². The lowest BCUT2D eigenvalue weighted by Gasteiger charge is -2.41. The smallest absolute Gasteiger partial charge is 0.329 e. The normalized spacial score (nSPS) is 18.9. The van der Waals surface area contributed by atoms with Crippen molar-refractivity contribution in [2.45, 2.75) is 187 Å². The molecule has 1 aromatic carbocycles. The van der Waals surface area contributed by atoms with Gasteiger partial charge in [-0.1, -0.05) is 99.1 Å². The zero-order valence-electron chi connectivity index (χ0n) is 59.1. The number of methoxy groups -OCH3 is 2. The fourth-order valence-corrected chi connectivity index (χ4v) is 12.4. The third-order valence-corrected chi connectivity index (χ3v) is 18.0. The molecule has 3 aliphatic heterocycles. The minimum Gasteiger partial charge on any atom is -0.481 e. The number of nitrogens with zero attached hydrogens (tertiary/aromatic N) is 4. The topological polar surface area (TPSA) is 366 Å². The number of carboxylic acids is 1. The summed E-state index contributed by atoms with van der Waals surface area (Å²) in [5.41, 5.74) is 0.528. The van der Waals surface area contributed by atoms with E-state index in [4.69, 9.17) is 28.4 Å². The maximum Gasteiger partial charge on any atom is 0.329 e. The molecule has 0 aromatic heterocycles. The van der Waals surface area contributed by atoms with Gasteiger partial charge in [-0.25, -0.2) is 4.79 Å². The summed E-state index contributed by atoms with van der Waals surface area (Å²) >= 11 is 0. The summed E-state index contributed by atoms with van der Waals surface area (Å²) in [6.45, 7) is 19.2. The predicted molar refractivity (Wildman–Crippen MR) is 355 cm³/mol. The van der Waals surface area contributed by atoms with E-state index in [2.05, 4.69) is 31.9 Å². The van der Waals surface area contributed by atoms with Crippen LogP contribution >= 0.6 is 0 Å². The molecule has 3 aliphatic rings. The molecular weight excluding hydrogens is 1260 g/mol. The molecule has 0 radical (unpaired) electrons. The second-order valence-electron chi connectivity index (χ2n) is 26.1. The van der Waals surface area contributed by atoms with E-state index >= 15 is 0 Å². The van der Waals surface area contributed by atoms with Crippen LogP contribution in [0.1, 0.15) is 132 Å². The molecule has 13 atom stereocenters. The number of hydrogen-bond acceptors (Lipinski definition) is 19. The summed E-state index contributed by atoms with van der Waals surface area (Å²) in [6.07, 6.45) is 0.811. The van der Waals surface area contributed by atoms with Crippen LogP contribution in [0.4, 0.5) is 0 Å². The van der Waals surface area contributed by atoms with Crippen molar-refractivity contribution in [3.05, 3.63) is 48.0 Å². The minimum atomic E-state index is -1.54. The molecule has 3 heterocycles. The Morgan fingerprint density at radius 3 is 1.82 bits per heavy atom. The molecule has 10 amide bonds. The fraction of sp³-hybridized carbons (Fsp3) is 0.706. The Bertz CT molecular complexity index is 2810. The fourth-order valence-electron chi connectivity index (χ4n) is 12.4. The Hall–Kier alpha value is -7.44. The van der Waals surface area contributed by atoms with Gasteiger partial charge in [0.05, 0.1) is 94.8 Å². The molecule has 2 fully saturated rings. The summed E-state index contributed by atoms with van der Waals surface area (Å²) in [5.74, 6) is -9.13. The maximum atomic E-state index is 14.6. The van der Waals surface area contributed by atoms with Crippen LogP contribution in [-0.2, 0) is 86.0 Å². The standard InChI is InChI=1S/C68H108N10O19/c1-15-43(8)60(75(12)67(90)58(41(4)5)73-65(88)57(69-11)40(2)3)50(92-13)38-55(83)76-29-19-23-48(76)61(93-14)44(9)63(86)71-45(10)62(46-21-17-16-18-22-46)97-68(91)59(42(6)7)74-64(87)49-24-20-30-77(49)66(89)47(37-56(84)85)72-51(79)27-31-94-33-35-96-36-34-95-32-28-70-52(80)39-78-53(81)25-26-54(78)82/h16-18,21-22,25-26,40-45,47-50,57-62,69H,15,19-20,23-24,27-39H2,1-14H3,(H,70,80)(H,71,86)(H,72,79)(H,73,88)(H,74,87)(H,84,85)/t43-,44+,45+,47-,48-,49-,50+,57-,58-,59-,60-,61+,62+/m0/s1. The lowest BCUT2D eigenvalue weighted by atomic mass is 9.89. The Kier molecular flexibility index (Phi) is 34.7. The lowest BCUT2D eigenvalue weighted by molar-refractivity contribution is -0.157. The van der Waals surface area contributed by atoms with Gasteiger partial charge in [-0.15, -0.1) is 0 Å². The average Bonchev–Trinajstić information content (AvgIpc) is 1.81. The first-order valence-corrected chi connectivity index (χ1v) is 33.8. The van der Waals surface area contributed by atoms with Gasteiger partial charge in [-0.2, -0.15) is 0 Å². The highest BCUT2D eigenvalue weighted by molar-refractivity contribution is 6.14. The van der Waals surface area contributed by atoms with E-state index < -0.39 is 145 Å². The van der Waals surface area contributed by atoms with E-state index in [9.17, 15) is 62.6 Å². The van der Waals surface area contributed by atoms with Gasteiger partial charge in [0, 0.05) is 59.5 Å². The number of benzene rings is 1. The van der Waals surface area contributed by atoms with Crippen LogP contribution in [0.3, 0.4) is 0 Å². The quantitative estimate of drug-likeness (QED) is 0.0278. The van der Waals surface area contributed by atoms with Crippen LogP contribution in [-0.4, -0.2) is 250 Å². The molecule has 0 aliphatic carbocycles. The summed E-state index contributed by atoms with van der Waals surface area (Å²) < 4.78 is 34.7. The maximum absolute atomic E-state index is 14.6. The van der Waals surface area contributed by atoms with Crippen molar-refractivity contribution < 1.29 is 91.1 Å². The number of carbonyl (C=O) groups is 12.